The van der Waals surface area contributed by atoms with Gasteiger partial charge in [0.15, 0.2) is 0 Å². The predicted octanol–water partition coefficient (Wildman–Crippen LogP) is 1.69. The van der Waals surface area contributed by atoms with Crippen molar-refractivity contribution in [1.29, 1.82) is 0 Å². The summed E-state index contributed by atoms with van der Waals surface area (Å²) >= 11 is 0. The fraction of sp³-hybridized carbons (Fsp3) is 0.882. The summed E-state index contributed by atoms with van der Waals surface area (Å²) in [5, 5.41) is 3.06. The largest absolute Gasteiger partial charge is 0.356 e. The number of nitrogens with two attached hydrogens (primary N) is 1. The van der Waals surface area contributed by atoms with Crippen molar-refractivity contribution >= 4 is 24.2 Å². The number of hydrogen-bond acceptors (Lipinski definition) is 3. The molecule has 1 saturated heterocycles. The van der Waals surface area contributed by atoms with Crippen LogP contribution in [-0.4, -0.2) is 42.4 Å². The van der Waals surface area contributed by atoms with Crippen LogP contribution in [0.3, 0.4) is 0 Å². The van der Waals surface area contributed by atoms with Crippen LogP contribution in [0, 0.1) is 17.8 Å². The van der Waals surface area contributed by atoms with Gasteiger partial charge in [0.1, 0.15) is 0 Å². The second-order valence-corrected chi connectivity index (χ2v) is 7.43. The first-order valence-electron chi connectivity index (χ1n) is 8.94. The number of nitrogens with one attached hydrogen (secondary N) is 1. The number of halogens is 1. The summed E-state index contributed by atoms with van der Waals surface area (Å²) in [7, 11) is 0. The lowest BCUT2D eigenvalue weighted by Gasteiger charge is -2.33. The molecule has 0 aromatic heterocycles. The zero-order valence-corrected chi connectivity index (χ0v) is 14.7. The zero-order valence-electron chi connectivity index (χ0n) is 13.8. The molecule has 3 atom stereocenters. The Kier molecular flexibility index (Phi) is 6.72. The summed E-state index contributed by atoms with van der Waals surface area (Å²) in [5.41, 5.74) is 6.07. The summed E-state index contributed by atoms with van der Waals surface area (Å²) < 4.78 is 0. The van der Waals surface area contributed by atoms with Gasteiger partial charge in [0.25, 0.3) is 0 Å². The van der Waals surface area contributed by atoms with Gasteiger partial charge >= 0.3 is 0 Å². The van der Waals surface area contributed by atoms with E-state index < -0.39 is 0 Å². The maximum atomic E-state index is 12.5. The van der Waals surface area contributed by atoms with Gasteiger partial charge < -0.3 is 16.0 Å². The van der Waals surface area contributed by atoms with E-state index in [1.165, 1.54) is 12.8 Å². The van der Waals surface area contributed by atoms with Gasteiger partial charge in [-0.05, 0) is 50.4 Å². The maximum absolute atomic E-state index is 12.5. The summed E-state index contributed by atoms with van der Waals surface area (Å²) in [6.45, 7) is 2.21. The summed E-state index contributed by atoms with van der Waals surface area (Å²) in [6.07, 6.45) is 8.17. The van der Waals surface area contributed by atoms with E-state index in [1.807, 2.05) is 4.90 Å². The summed E-state index contributed by atoms with van der Waals surface area (Å²) in [4.78, 5) is 26.6. The minimum atomic E-state index is -0.0197. The Morgan fingerprint density at radius 2 is 1.87 bits per heavy atom. The molecular weight excluding hydrogens is 314 g/mol. The first-order chi connectivity index (χ1) is 10.6. The second kappa shape index (κ2) is 8.34. The van der Waals surface area contributed by atoms with Gasteiger partial charge in [0, 0.05) is 32.1 Å². The smallest absolute Gasteiger partial charge is 0.224 e. The molecule has 0 aromatic carbocycles. The molecule has 2 saturated carbocycles. The topological polar surface area (TPSA) is 75.4 Å². The van der Waals surface area contributed by atoms with Crippen LogP contribution < -0.4 is 11.1 Å². The molecule has 132 valence electrons. The average molecular weight is 344 g/mol. The molecule has 0 bridgehead atoms. The molecule has 5 nitrogen and oxygen atoms in total. The molecule has 0 aromatic rings. The minimum Gasteiger partial charge on any atom is -0.356 e. The third-order valence-corrected chi connectivity index (χ3v) is 5.56. The van der Waals surface area contributed by atoms with E-state index in [9.17, 15) is 9.59 Å². The predicted molar refractivity (Wildman–Crippen MR) is 92.2 cm³/mol. The van der Waals surface area contributed by atoms with Gasteiger partial charge in [0.2, 0.25) is 11.8 Å². The van der Waals surface area contributed by atoms with Crippen LogP contribution in [-0.2, 0) is 9.59 Å². The van der Waals surface area contributed by atoms with E-state index in [-0.39, 0.29) is 36.2 Å². The van der Waals surface area contributed by atoms with Crippen LogP contribution in [0.2, 0.25) is 0 Å². The number of rotatable bonds is 5. The van der Waals surface area contributed by atoms with Crippen molar-refractivity contribution in [3.63, 3.8) is 0 Å². The van der Waals surface area contributed by atoms with Crippen LogP contribution in [0.4, 0.5) is 0 Å². The number of likely N-dealkylation sites (tertiary alicyclic amines) is 1. The Labute approximate surface area is 145 Å². The van der Waals surface area contributed by atoms with Crippen LogP contribution in [0.5, 0.6) is 0 Å². The van der Waals surface area contributed by atoms with Gasteiger partial charge in [-0.15, -0.1) is 12.4 Å². The third kappa shape index (κ3) is 5.08. The van der Waals surface area contributed by atoms with E-state index in [4.69, 9.17) is 5.73 Å². The Balaban J connectivity index is 0.00000192. The Morgan fingerprint density at radius 3 is 2.52 bits per heavy atom. The van der Waals surface area contributed by atoms with Gasteiger partial charge in [-0.2, -0.15) is 0 Å². The molecule has 1 heterocycles. The van der Waals surface area contributed by atoms with Gasteiger partial charge in [-0.3, -0.25) is 9.59 Å². The van der Waals surface area contributed by atoms with E-state index in [0.717, 1.165) is 45.2 Å². The molecule has 3 aliphatic rings. The van der Waals surface area contributed by atoms with Crippen molar-refractivity contribution in [3.05, 3.63) is 0 Å². The molecule has 3 fully saturated rings. The Hall–Kier alpha value is -0.810. The molecule has 1 aliphatic heterocycles. The highest BCUT2D eigenvalue weighted by molar-refractivity contribution is 5.85. The van der Waals surface area contributed by atoms with Crippen molar-refractivity contribution in [3.8, 4) is 0 Å². The number of carbonyl (C=O) groups is 2. The lowest BCUT2D eigenvalue weighted by molar-refractivity contribution is -0.136. The second-order valence-electron chi connectivity index (χ2n) is 7.43. The minimum absolute atomic E-state index is 0. The molecule has 2 aliphatic carbocycles. The third-order valence-electron chi connectivity index (χ3n) is 5.56. The standard InChI is InChI=1S/C17H29N3O2.ClH/c18-15-5-1-3-13(15)9-16(21)20-8-2-4-14(11-20)17(22)19-10-12-6-7-12;/h12-15H,1-11,18H2,(H,19,22);1H/t13-,14?,15+;/m0./s1. The van der Waals surface area contributed by atoms with Gasteiger partial charge in [-0.25, -0.2) is 0 Å². The van der Waals surface area contributed by atoms with Crippen LogP contribution in [0.15, 0.2) is 0 Å². The molecule has 23 heavy (non-hydrogen) atoms. The number of piperidine rings is 1. The van der Waals surface area contributed by atoms with Crippen molar-refractivity contribution in [2.75, 3.05) is 19.6 Å². The molecular formula is C17H30ClN3O2. The fourth-order valence-corrected chi connectivity index (χ4v) is 3.80. The SMILES string of the molecule is Cl.N[C@@H]1CCC[C@H]1CC(=O)N1CCCC(C(=O)NCC2CC2)C1. The van der Waals surface area contributed by atoms with Crippen LogP contribution in [0.1, 0.15) is 51.4 Å². The Morgan fingerprint density at radius 1 is 1.09 bits per heavy atom. The highest BCUT2D eigenvalue weighted by atomic mass is 35.5. The molecule has 0 radical (unpaired) electrons. The fourth-order valence-electron chi connectivity index (χ4n) is 3.80. The first-order valence-corrected chi connectivity index (χ1v) is 8.94. The molecule has 3 rings (SSSR count). The van der Waals surface area contributed by atoms with Crippen molar-refractivity contribution in [2.45, 2.75) is 57.4 Å². The highest BCUT2D eigenvalue weighted by Gasteiger charge is 2.32. The van der Waals surface area contributed by atoms with Crippen molar-refractivity contribution in [1.82, 2.24) is 10.2 Å². The van der Waals surface area contributed by atoms with Gasteiger partial charge in [-0.1, -0.05) is 6.42 Å². The molecule has 2 amide bonds. The molecule has 6 heteroatoms. The van der Waals surface area contributed by atoms with Crippen molar-refractivity contribution in [2.24, 2.45) is 23.5 Å². The van der Waals surface area contributed by atoms with Gasteiger partial charge in [0.05, 0.1) is 5.92 Å². The summed E-state index contributed by atoms with van der Waals surface area (Å²) in [5.74, 6) is 1.36. The number of amides is 2. The normalized spacial score (nSPS) is 30.7. The van der Waals surface area contributed by atoms with E-state index in [2.05, 4.69) is 5.32 Å². The lowest BCUT2D eigenvalue weighted by atomic mass is 9.94. The molecule has 3 N–H and O–H groups in total. The quantitative estimate of drug-likeness (QED) is 0.797. The lowest BCUT2D eigenvalue weighted by Crippen LogP contribution is -2.46. The molecule has 0 spiro atoms. The summed E-state index contributed by atoms with van der Waals surface area (Å²) in [6, 6.07) is 0.186. The monoisotopic (exact) mass is 343 g/mol. The number of nitrogens with zero attached hydrogens (tertiary/aromatic N) is 1. The van der Waals surface area contributed by atoms with E-state index >= 15 is 0 Å². The Bertz CT molecular complexity index is 428. The number of hydrogen-bond donors (Lipinski definition) is 2. The van der Waals surface area contributed by atoms with Crippen molar-refractivity contribution < 1.29 is 9.59 Å². The highest BCUT2D eigenvalue weighted by Crippen LogP contribution is 2.29. The average Bonchev–Trinajstić information content (AvgIpc) is 3.28. The number of carbonyl (C=O) groups excluding carboxylic acids is 2. The zero-order chi connectivity index (χ0) is 15.5. The maximum Gasteiger partial charge on any atom is 0.224 e. The van der Waals surface area contributed by atoms with Crippen LogP contribution >= 0.6 is 12.4 Å². The van der Waals surface area contributed by atoms with E-state index in [1.54, 1.807) is 0 Å². The first kappa shape index (κ1) is 18.5. The molecule has 1 unspecified atom stereocenters. The van der Waals surface area contributed by atoms with E-state index in [0.29, 0.717) is 24.8 Å². The van der Waals surface area contributed by atoms with Crippen LogP contribution in [0.25, 0.3) is 0 Å².